The monoisotopic (exact) mass is 426 g/mol. The Labute approximate surface area is 183 Å². The fraction of sp³-hybridized carbons (Fsp3) is 0.250. The van der Waals surface area contributed by atoms with Gasteiger partial charge in [-0.2, -0.15) is 4.98 Å². The molecule has 3 heterocycles. The van der Waals surface area contributed by atoms with Crippen molar-refractivity contribution in [3.8, 4) is 11.5 Å². The van der Waals surface area contributed by atoms with Crippen LogP contribution in [0.4, 0.5) is 0 Å². The van der Waals surface area contributed by atoms with E-state index in [9.17, 15) is 9.59 Å². The van der Waals surface area contributed by atoms with Gasteiger partial charge in [-0.25, -0.2) is 14.8 Å². The Morgan fingerprint density at radius 2 is 1.69 bits per heavy atom. The van der Waals surface area contributed by atoms with E-state index in [1.54, 1.807) is 0 Å². The van der Waals surface area contributed by atoms with Crippen LogP contribution in [0.3, 0.4) is 0 Å². The van der Waals surface area contributed by atoms with Crippen molar-refractivity contribution in [1.29, 1.82) is 0 Å². The van der Waals surface area contributed by atoms with Crippen molar-refractivity contribution in [3.63, 3.8) is 0 Å². The molecule has 0 aliphatic carbocycles. The van der Waals surface area contributed by atoms with Gasteiger partial charge in [0.2, 0.25) is 0 Å². The second-order valence-electron chi connectivity index (χ2n) is 8.04. The van der Waals surface area contributed by atoms with Crippen molar-refractivity contribution < 1.29 is 0 Å². The quantitative estimate of drug-likeness (QED) is 0.342. The predicted molar refractivity (Wildman–Crippen MR) is 123 cm³/mol. The molecule has 0 atom stereocenters. The largest absolute Gasteiger partial charge is 0.349 e. The molecule has 0 fully saturated rings. The second kappa shape index (κ2) is 7.96. The second-order valence-corrected chi connectivity index (χ2v) is 8.04. The molecule has 8 heteroatoms. The van der Waals surface area contributed by atoms with Gasteiger partial charge in [0.05, 0.1) is 27.8 Å². The highest BCUT2D eigenvalue weighted by molar-refractivity contribution is 5.81. The molecule has 0 radical (unpaired) electrons. The molecule has 2 aromatic carbocycles. The first-order valence-electron chi connectivity index (χ1n) is 10.6. The molecule has 0 bridgehead atoms. The number of para-hydroxylation sites is 2. The van der Waals surface area contributed by atoms with Gasteiger partial charge in [-0.1, -0.05) is 12.1 Å². The predicted octanol–water partition coefficient (Wildman–Crippen LogP) is 3.17. The maximum Gasteiger partial charge on any atom is 0.349 e. The Kier molecular flexibility index (Phi) is 4.97. The van der Waals surface area contributed by atoms with E-state index in [4.69, 9.17) is 0 Å². The molecule has 5 rings (SSSR count). The molecule has 1 aromatic heterocycles. The van der Waals surface area contributed by atoms with Gasteiger partial charge in [0.25, 0.3) is 5.56 Å². The number of rotatable bonds is 5. The van der Waals surface area contributed by atoms with Crippen LogP contribution in [0, 0.1) is 13.8 Å². The Balaban J connectivity index is 1.45. The Hall–Kier alpha value is -3.94. The minimum Gasteiger partial charge on any atom is -0.322 e. The number of unbranched alkanes of at least 4 members (excludes halogenated alkanes) is 1. The molecular formula is C24H22N6O2. The number of aromatic nitrogens is 6. The molecule has 0 amide bonds. The first-order valence-corrected chi connectivity index (χ1v) is 10.6. The van der Waals surface area contributed by atoms with Gasteiger partial charge in [0.15, 0.2) is 11.5 Å². The minimum atomic E-state index is -0.660. The molecule has 160 valence electrons. The summed E-state index contributed by atoms with van der Waals surface area (Å²) in [6.45, 7) is 4.65. The zero-order valence-corrected chi connectivity index (χ0v) is 17.9. The summed E-state index contributed by atoms with van der Waals surface area (Å²) in [7, 11) is 0. The molecule has 0 saturated carbocycles. The van der Waals surface area contributed by atoms with Gasteiger partial charge < -0.3 is 4.57 Å². The summed E-state index contributed by atoms with van der Waals surface area (Å²) in [6, 6.07) is 11.8. The zero-order chi connectivity index (χ0) is 22.2. The van der Waals surface area contributed by atoms with Crippen LogP contribution in [0.15, 0.2) is 52.2 Å². The maximum atomic E-state index is 12.4. The standard InChI is InChI=1S/C24H22N6O2/c1-14-11-19-20(12-15(14)2)30(22-21(27-19)23(31)29-24(32)28-22)10-6-5-7-16-13-25-17-8-3-4-9-18(17)26-16/h3-4,8-9,11-13H,5-7,10H2,1-2H3,(H,29,31,32). The van der Waals surface area contributed by atoms with E-state index < -0.39 is 11.2 Å². The van der Waals surface area contributed by atoms with Crippen molar-refractivity contribution in [2.24, 2.45) is 0 Å². The molecule has 0 unspecified atom stereocenters. The van der Waals surface area contributed by atoms with E-state index in [-0.39, 0.29) is 5.69 Å². The number of nitrogens with zero attached hydrogens (tertiary/aromatic N) is 5. The number of H-pyrrole nitrogens is 1. The molecule has 1 N–H and O–H groups in total. The van der Waals surface area contributed by atoms with E-state index >= 15 is 0 Å². The van der Waals surface area contributed by atoms with Gasteiger partial charge in [-0.3, -0.25) is 14.8 Å². The third-order valence-electron chi connectivity index (χ3n) is 5.79. The first-order chi connectivity index (χ1) is 15.5. The number of aromatic amines is 1. The average molecular weight is 426 g/mol. The van der Waals surface area contributed by atoms with Crippen LogP contribution in [0.5, 0.6) is 0 Å². The molecule has 3 aromatic rings. The first kappa shape index (κ1) is 20.0. The van der Waals surface area contributed by atoms with E-state index in [1.807, 2.05) is 61.0 Å². The lowest BCUT2D eigenvalue weighted by Crippen LogP contribution is -2.29. The van der Waals surface area contributed by atoms with Crippen molar-refractivity contribution in [1.82, 2.24) is 29.5 Å². The van der Waals surface area contributed by atoms with Gasteiger partial charge in [-0.05, 0) is 68.5 Å². The number of benzene rings is 2. The van der Waals surface area contributed by atoms with Gasteiger partial charge >= 0.3 is 5.69 Å². The van der Waals surface area contributed by atoms with Crippen LogP contribution < -0.4 is 11.2 Å². The third kappa shape index (κ3) is 3.64. The summed E-state index contributed by atoms with van der Waals surface area (Å²) in [4.78, 5) is 44.3. The highest BCUT2D eigenvalue weighted by Crippen LogP contribution is 2.24. The normalized spacial score (nSPS) is 11.6. The molecular weight excluding hydrogens is 404 g/mol. The summed E-state index contributed by atoms with van der Waals surface area (Å²) in [6.07, 6.45) is 4.31. The molecule has 8 nitrogen and oxygen atoms in total. The van der Waals surface area contributed by atoms with Gasteiger partial charge in [-0.15, -0.1) is 0 Å². The molecule has 2 aliphatic rings. The van der Waals surface area contributed by atoms with Crippen LogP contribution in [-0.2, 0) is 13.0 Å². The van der Waals surface area contributed by atoms with Gasteiger partial charge in [0.1, 0.15) is 0 Å². The number of nitrogens with one attached hydrogen (secondary N) is 1. The van der Waals surface area contributed by atoms with Crippen LogP contribution >= 0.6 is 0 Å². The van der Waals surface area contributed by atoms with Crippen molar-refractivity contribution >= 4 is 22.1 Å². The summed E-state index contributed by atoms with van der Waals surface area (Å²) >= 11 is 0. The summed E-state index contributed by atoms with van der Waals surface area (Å²) in [5.41, 5.74) is 5.52. The Bertz CT molecular complexity index is 1550. The van der Waals surface area contributed by atoms with Gasteiger partial charge in [0, 0.05) is 12.7 Å². The summed E-state index contributed by atoms with van der Waals surface area (Å²) < 4.78 is 1.94. The van der Waals surface area contributed by atoms with Crippen LogP contribution in [0.1, 0.15) is 29.7 Å². The highest BCUT2D eigenvalue weighted by Gasteiger charge is 2.19. The van der Waals surface area contributed by atoms with Crippen LogP contribution in [0.2, 0.25) is 0 Å². The van der Waals surface area contributed by atoms with Crippen LogP contribution in [0.25, 0.3) is 33.6 Å². The lowest BCUT2D eigenvalue weighted by Gasteiger charge is -2.17. The highest BCUT2D eigenvalue weighted by atomic mass is 16.2. The maximum absolute atomic E-state index is 12.4. The van der Waals surface area contributed by atoms with Crippen LogP contribution in [-0.4, -0.2) is 29.5 Å². The fourth-order valence-electron chi connectivity index (χ4n) is 3.97. The summed E-state index contributed by atoms with van der Waals surface area (Å²) in [5.74, 6) is 0.319. The Morgan fingerprint density at radius 3 is 2.53 bits per heavy atom. The molecule has 0 spiro atoms. The smallest absolute Gasteiger partial charge is 0.322 e. The molecule has 32 heavy (non-hydrogen) atoms. The van der Waals surface area contributed by atoms with Crippen molar-refractivity contribution in [2.75, 3.05) is 0 Å². The molecule has 0 saturated heterocycles. The molecule has 2 aliphatic heterocycles. The number of hydrogen-bond acceptors (Lipinski definition) is 6. The van der Waals surface area contributed by atoms with Crippen molar-refractivity contribution in [3.05, 3.63) is 80.3 Å². The van der Waals surface area contributed by atoms with Crippen molar-refractivity contribution in [2.45, 2.75) is 39.7 Å². The fourth-order valence-corrected chi connectivity index (χ4v) is 3.97. The minimum absolute atomic E-state index is 0.181. The van der Waals surface area contributed by atoms with E-state index in [0.717, 1.165) is 52.6 Å². The van der Waals surface area contributed by atoms with E-state index in [2.05, 4.69) is 24.9 Å². The zero-order valence-electron chi connectivity index (χ0n) is 17.9. The van der Waals surface area contributed by atoms with E-state index in [1.165, 1.54) is 0 Å². The number of hydrogen-bond donors (Lipinski definition) is 1. The average Bonchev–Trinajstić information content (AvgIpc) is 2.77. The SMILES string of the molecule is Cc1cc2nc3c(=O)[nH]c(=O)nc-3n(CCCCc3cnc4ccccc4n3)c2cc1C. The topological polar surface area (TPSA) is 106 Å². The Morgan fingerprint density at radius 1 is 0.906 bits per heavy atom. The summed E-state index contributed by atoms with van der Waals surface area (Å²) in [5, 5.41) is 0. The number of fused-ring (bicyclic) bond motifs is 3. The van der Waals surface area contributed by atoms with E-state index in [0.29, 0.717) is 17.9 Å². The lowest BCUT2D eigenvalue weighted by atomic mass is 10.1. The lowest BCUT2D eigenvalue weighted by molar-refractivity contribution is 0.611. The third-order valence-corrected chi connectivity index (χ3v) is 5.79. The number of aryl methyl sites for hydroxylation is 4.